The van der Waals surface area contributed by atoms with Gasteiger partial charge in [-0.15, -0.1) is 0 Å². The first-order valence-corrected chi connectivity index (χ1v) is 9.07. The summed E-state index contributed by atoms with van der Waals surface area (Å²) in [5, 5.41) is 23.8. The van der Waals surface area contributed by atoms with Crippen LogP contribution in [0.3, 0.4) is 0 Å². The van der Waals surface area contributed by atoms with Gasteiger partial charge in [-0.25, -0.2) is 0 Å². The van der Waals surface area contributed by atoms with Crippen LogP contribution in [0.2, 0.25) is 0 Å². The molecular formula is C14H31NO8S. The number of carboxylic acids is 2. The summed E-state index contributed by atoms with van der Waals surface area (Å²) in [5.74, 6) is -3.50. The summed E-state index contributed by atoms with van der Waals surface area (Å²) in [5.41, 5.74) is -0.366. The van der Waals surface area contributed by atoms with Crippen LogP contribution in [0.1, 0.15) is 65.7 Å². The lowest BCUT2D eigenvalue weighted by Crippen LogP contribution is -2.31. The average molecular weight is 373 g/mol. The largest absolute Gasteiger partial charge is 0.481 e. The van der Waals surface area contributed by atoms with Gasteiger partial charge in [-0.3, -0.25) is 14.1 Å². The molecule has 0 aliphatic carbocycles. The van der Waals surface area contributed by atoms with Crippen molar-refractivity contribution >= 4 is 22.1 Å². The third-order valence-corrected chi connectivity index (χ3v) is 4.64. The molecule has 0 spiro atoms. The molecule has 0 bridgehead atoms. The van der Waals surface area contributed by atoms with Crippen LogP contribution in [0, 0.1) is 0 Å². The molecule has 0 aromatic rings. The molecule has 0 amide bonds. The maximum Gasteiger partial charge on any atom is 0.325 e. The fourth-order valence-electron chi connectivity index (χ4n) is 1.79. The van der Waals surface area contributed by atoms with Gasteiger partial charge in [0.2, 0.25) is 0 Å². The van der Waals surface area contributed by atoms with Crippen molar-refractivity contribution in [3.05, 3.63) is 0 Å². The Labute approximate surface area is 143 Å². The Morgan fingerprint density at radius 3 is 1.71 bits per heavy atom. The number of rotatable bonds is 10. The highest BCUT2D eigenvalue weighted by molar-refractivity contribution is 7.87. The van der Waals surface area contributed by atoms with Crippen LogP contribution in [0.25, 0.3) is 0 Å². The lowest BCUT2D eigenvalue weighted by molar-refractivity contribution is -0.143. The van der Waals surface area contributed by atoms with E-state index in [1.54, 1.807) is 0 Å². The molecule has 0 aromatic heterocycles. The van der Waals surface area contributed by atoms with Crippen molar-refractivity contribution in [2.24, 2.45) is 0 Å². The van der Waals surface area contributed by atoms with E-state index in [-0.39, 0.29) is 11.8 Å². The molecule has 0 rings (SSSR count). The molecule has 0 saturated carbocycles. The number of carbonyl (C=O) groups is 2. The molecule has 0 heterocycles. The molecule has 9 nitrogen and oxygen atoms in total. The average Bonchev–Trinajstić information content (AvgIpc) is 2.44. The van der Waals surface area contributed by atoms with Crippen LogP contribution in [0.15, 0.2) is 0 Å². The Balaban J connectivity index is -0.000000354. The van der Waals surface area contributed by atoms with Crippen molar-refractivity contribution in [2.45, 2.75) is 76.6 Å². The maximum absolute atomic E-state index is 10.2. The van der Waals surface area contributed by atoms with E-state index < -0.39 is 33.7 Å². The van der Waals surface area contributed by atoms with E-state index in [9.17, 15) is 23.1 Å². The fourth-order valence-corrected chi connectivity index (χ4v) is 2.39. The highest BCUT2D eigenvalue weighted by Gasteiger charge is 2.33. The number of carboxylic acid groups (broad SMARTS) is 2. The Bertz CT molecular complexity index is 459. The Morgan fingerprint density at radius 2 is 1.50 bits per heavy atom. The van der Waals surface area contributed by atoms with Crippen LogP contribution in [0.4, 0.5) is 0 Å². The summed E-state index contributed by atoms with van der Waals surface area (Å²) in [6.07, 6.45) is 5.28. The van der Waals surface area contributed by atoms with Crippen LogP contribution in [-0.2, 0) is 19.7 Å². The molecule has 1 unspecified atom stereocenters. The minimum absolute atomic E-state index is 0. The van der Waals surface area contributed by atoms with Crippen molar-refractivity contribution in [3.8, 4) is 0 Å². The van der Waals surface area contributed by atoms with Gasteiger partial charge in [-0.05, 0) is 19.3 Å². The predicted molar refractivity (Wildman–Crippen MR) is 89.9 cm³/mol. The molecule has 0 saturated heterocycles. The van der Waals surface area contributed by atoms with Crippen molar-refractivity contribution in [2.75, 3.05) is 0 Å². The van der Waals surface area contributed by atoms with Crippen molar-refractivity contribution in [1.82, 2.24) is 6.15 Å². The van der Waals surface area contributed by atoms with E-state index in [2.05, 4.69) is 20.8 Å². The van der Waals surface area contributed by atoms with Gasteiger partial charge in [0.05, 0.1) is 12.0 Å². The second-order valence-electron chi connectivity index (χ2n) is 5.33. The Hall–Kier alpha value is -1.23. The second-order valence-corrected chi connectivity index (χ2v) is 6.93. The smallest absolute Gasteiger partial charge is 0.325 e. The zero-order valence-electron chi connectivity index (χ0n) is 14.6. The van der Waals surface area contributed by atoms with Crippen molar-refractivity contribution < 1.29 is 37.9 Å². The number of hydrogen-bond donors (Lipinski definition) is 5. The van der Waals surface area contributed by atoms with Gasteiger partial charge < -0.3 is 21.5 Å². The minimum Gasteiger partial charge on any atom is -0.481 e. The third-order valence-electron chi connectivity index (χ3n) is 3.56. The monoisotopic (exact) mass is 373 g/mol. The molecule has 0 radical (unpaired) electrons. The van der Waals surface area contributed by atoms with Crippen LogP contribution in [-0.4, -0.2) is 51.1 Å². The Kier molecular flexibility index (Phi) is 15.1. The highest BCUT2D eigenvalue weighted by Crippen LogP contribution is 2.22. The van der Waals surface area contributed by atoms with E-state index in [1.807, 2.05) is 0 Å². The van der Waals surface area contributed by atoms with Crippen molar-refractivity contribution in [1.29, 1.82) is 0 Å². The standard InChI is InChI=1S/C10H22O.C4H6O7S.H3N/c1-4-7-8-9-10(11,5-2)6-3;5-3(6)1-2(4(7)8)12(9,10)11;/h11H,4-9H2,1-3H3;2H,1H2,(H,5,6)(H,7,8)(H,9,10,11);1H3. The quantitative estimate of drug-likeness (QED) is 0.282. The van der Waals surface area contributed by atoms with E-state index in [0.29, 0.717) is 0 Å². The predicted octanol–water partition coefficient (Wildman–Crippen LogP) is 2.08. The van der Waals surface area contributed by atoms with Gasteiger partial charge in [0.1, 0.15) is 0 Å². The maximum atomic E-state index is 10.2. The van der Waals surface area contributed by atoms with E-state index in [0.717, 1.165) is 19.3 Å². The first-order valence-electron chi connectivity index (χ1n) is 7.56. The number of unbranched alkanes of at least 4 members (excludes halogenated alkanes) is 2. The van der Waals surface area contributed by atoms with Gasteiger partial charge in [-0.1, -0.05) is 40.0 Å². The molecule has 0 aliphatic heterocycles. The third kappa shape index (κ3) is 13.2. The molecule has 1 atom stereocenters. The molecule has 10 heteroatoms. The summed E-state index contributed by atoms with van der Waals surface area (Å²) in [6, 6.07) is 0. The molecule has 24 heavy (non-hydrogen) atoms. The van der Waals surface area contributed by atoms with E-state index in [4.69, 9.17) is 14.8 Å². The summed E-state index contributed by atoms with van der Waals surface area (Å²) in [7, 11) is -4.84. The molecule has 7 N–H and O–H groups in total. The molecular weight excluding hydrogens is 342 g/mol. The lowest BCUT2D eigenvalue weighted by atomic mass is 9.91. The molecule has 146 valence electrons. The number of hydrogen-bond acceptors (Lipinski definition) is 6. The normalized spacial score (nSPS) is 12.4. The van der Waals surface area contributed by atoms with Crippen molar-refractivity contribution in [3.63, 3.8) is 0 Å². The van der Waals surface area contributed by atoms with Gasteiger partial charge in [0.25, 0.3) is 10.1 Å². The topological polar surface area (TPSA) is 184 Å². The Morgan fingerprint density at radius 1 is 1.04 bits per heavy atom. The summed E-state index contributed by atoms with van der Waals surface area (Å²) in [6.45, 7) is 6.32. The molecule has 0 aromatic carbocycles. The summed E-state index contributed by atoms with van der Waals surface area (Å²) in [4.78, 5) is 20.0. The van der Waals surface area contributed by atoms with Gasteiger partial charge in [-0.2, -0.15) is 8.42 Å². The van der Waals surface area contributed by atoms with E-state index in [1.165, 1.54) is 19.3 Å². The summed E-state index contributed by atoms with van der Waals surface area (Å²) < 4.78 is 28.7. The first-order chi connectivity index (χ1) is 10.4. The lowest BCUT2D eigenvalue weighted by Gasteiger charge is -2.24. The summed E-state index contributed by atoms with van der Waals surface area (Å²) >= 11 is 0. The zero-order valence-corrected chi connectivity index (χ0v) is 15.4. The van der Waals surface area contributed by atoms with Gasteiger partial charge >= 0.3 is 11.9 Å². The second kappa shape index (κ2) is 13.1. The fraction of sp³-hybridized carbons (Fsp3) is 0.857. The number of aliphatic hydroxyl groups is 1. The van der Waals surface area contributed by atoms with Gasteiger partial charge in [0, 0.05) is 0 Å². The van der Waals surface area contributed by atoms with Crippen LogP contribution < -0.4 is 6.15 Å². The highest BCUT2D eigenvalue weighted by atomic mass is 32.2. The van der Waals surface area contributed by atoms with Gasteiger partial charge in [0.15, 0.2) is 5.25 Å². The van der Waals surface area contributed by atoms with E-state index >= 15 is 0 Å². The van der Waals surface area contributed by atoms with Crippen LogP contribution >= 0.6 is 0 Å². The SMILES string of the molecule is CCCCCC(O)(CC)CC.N.O=C(O)CC(C(=O)O)S(=O)(=O)O. The molecule has 0 fully saturated rings. The first kappa shape index (κ1) is 27.6. The van der Waals surface area contributed by atoms with Crippen LogP contribution in [0.5, 0.6) is 0 Å². The number of aliphatic carboxylic acids is 2. The zero-order chi connectivity index (χ0) is 18.7. The molecule has 0 aliphatic rings. The minimum atomic E-state index is -4.84.